The first-order chi connectivity index (χ1) is 14.3. The van der Waals surface area contributed by atoms with Gasteiger partial charge in [0.1, 0.15) is 0 Å². The second-order valence-corrected chi connectivity index (χ2v) is 15.2. The fraction of sp³-hybridized carbons (Fsp3) is 0.935. The van der Waals surface area contributed by atoms with E-state index in [1.807, 2.05) is 0 Å². The van der Waals surface area contributed by atoms with Gasteiger partial charge in [0.25, 0.3) is 0 Å². The van der Waals surface area contributed by atoms with Gasteiger partial charge in [0.15, 0.2) is 0 Å². The van der Waals surface area contributed by atoms with Crippen molar-refractivity contribution >= 4 is 0 Å². The average Bonchev–Trinajstić information content (AvgIpc) is 2.69. The first-order valence-corrected chi connectivity index (χ1v) is 13.9. The maximum atomic E-state index is 2.80. The SMILES string of the molecule is CC1=CC[C@]2(C)CC[C@]3(C)[C@H](CC[C@@H]4[C@@]5(C)CCCC(C)(C)[C@]5(C)CC[C@]43C)[C@@H]2[C@@H]1C. The van der Waals surface area contributed by atoms with Crippen molar-refractivity contribution in [2.75, 3.05) is 0 Å². The molecule has 0 unspecified atom stereocenters. The van der Waals surface area contributed by atoms with Crippen LogP contribution >= 0.6 is 0 Å². The van der Waals surface area contributed by atoms with Gasteiger partial charge in [0, 0.05) is 0 Å². The van der Waals surface area contributed by atoms with Gasteiger partial charge in [-0.25, -0.2) is 0 Å². The molecule has 0 bridgehead atoms. The van der Waals surface area contributed by atoms with E-state index in [0.717, 1.165) is 23.7 Å². The van der Waals surface area contributed by atoms with E-state index in [9.17, 15) is 0 Å². The molecule has 0 N–H and O–H groups in total. The Bertz CT molecular complexity index is 788. The van der Waals surface area contributed by atoms with E-state index in [1.54, 1.807) is 5.57 Å². The molecule has 0 heterocycles. The first-order valence-electron chi connectivity index (χ1n) is 13.9. The van der Waals surface area contributed by atoms with Crippen LogP contribution in [-0.2, 0) is 0 Å². The molecule has 5 rings (SSSR count). The van der Waals surface area contributed by atoms with E-state index in [1.165, 1.54) is 64.2 Å². The topological polar surface area (TPSA) is 0 Å². The van der Waals surface area contributed by atoms with Crippen molar-refractivity contribution in [1.82, 2.24) is 0 Å². The normalized spacial score (nSPS) is 58.3. The third-order valence-corrected chi connectivity index (χ3v) is 14.4. The molecule has 5 aliphatic carbocycles. The van der Waals surface area contributed by atoms with Gasteiger partial charge < -0.3 is 0 Å². The molecule has 0 saturated heterocycles. The zero-order chi connectivity index (χ0) is 22.7. The number of rotatable bonds is 0. The smallest absolute Gasteiger partial charge is 0.0198 e. The lowest BCUT2D eigenvalue weighted by molar-refractivity contribution is -0.267. The highest BCUT2D eigenvalue weighted by Crippen LogP contribution is 2.79. The van der Waals surface area contributed by atoms with Gasteiger partial charge in [-0.1, -0.05) is 73.5 Å². The summed E-state index contributed by atoms with van der Waals surface area (Å²) in [5, 5.41) is 0. The predicted octanol–water partition coefficient (Wildman–Crippen LogP) is 9.44. The lowest BCUT2D eigenvalue weighted by Crippen LogP contribution is -2.68. The zero-order valence-corrected chi connectivity index (χ0v) is 22.5. The molecule has 0 nitrogen and oxygen atoms in total. The average molecular weight is 425 g/mol. The molecule has 0 spiro atoms. The number of allylic oxidation sites excluding steroid dienone is 2. The van der Waals surface area contributed by atoms with Crippen LogP contribution in [0.25, 0.3) is 0 Å². The van der Waals surface area contributed by atoms with Crippen LogP contribution in [0.2, 0.25) is 0 Å². The summed E-state index contributed by atoms with van der Waals surface area (Å²) in [5.74, 6) is 3.52. The molecule has 9 atom stereocenters. The van der Waals surface area contributed by atoms with Crippen LogP contribution in [-0.4, -0.2) is 0 Å². The number of fused-ring (bicyclic) bond motifs is 7. The number of hydrogen-bond donors (Lipinski definition) is 0. The van der Waals surface area contributed by atoms with Gasteiger partial charge in [-0.15, -0.1) is 0 Å². The second-order valence-electron chi connectivity index (χ2n) is 15.2. The van der Waals surface area contributed by atoms with Crippen molar-refractivity contribution in [2.45, 2.75) is 127 Å². The molecule has 176 valence electrons. The van der Waals surface area contributed by atoms with Crippen molar-refractivity contribution in [3.63, 3.8) is 0 Å². The Morgan fingerprint density at radius 3 is 2.13 bits per heavy atom. The van der Waals surface area contributed by atoms with E-state index in [2.05, 4.69) is 68.4 Å². The van der Waals surface area contributed by atoms with Crippen molar-refractivity contribution in [1.29, 1.82) is 0 Å². The summed E-state index contributed by atoms with van der Waals surface area (Å²) < 4.78 is 0. The van der Waals surface area contributed by atoms with E-state index in [0.29, 0.717) is 32.5 Å². The standard InChI is InChI=1S/C31H52/c1-21-13-16-27(5)17-18-28(6)23(25(27)22(21)2)11-12-24-29(28,7)19-20-31(9)26(3,4)14-10-15-30(24,31)8/h13,22-25H,10-12,14-20H2,1-9H3/t22-,23-,24+,25+,27-,28-,29-,30-,31+/m1/s1. The van der Waals surface area contributed by atoms with Crippen molar-refractivity contribution in [3.8, 4) is 0 Å². The molecule has 0 aromatic carbocycles. The van der Waals surface area contributed by atoms with E-state index in [-0.39, 0.29) is 0 Å². The largest absolute Gasteiger partial charge is 0.0848 e. The van der Waals surface area contributed by atoms with Crippen molar-refractivity contribution < 1.29 is 0 Å². The third-order valence-electron chi connectivity index (χ3n) is 14.4. The zero-order valence-electron chi connectivity index (χ0n) is 22.5. The Hall–Kier alpha value is -0.260. The molecule has 0 heteroatoms. The predicted molar refractivity (Wildman–Crippen MR) is 134 cm³/mol. The summed E-state index contributed by atoms with van der Waals surface area (Å²) in [6, 6.07) is 0. The molecule has 31 heavy (non-hydrogen) atoms. The minimum absolute atomic E-state index is 0.490. The monoisotopic (exact) mass is 424 g/mol. The summed E-state index contributed by atoms with van der Waals surface area (Å²) >= 11 is 0. The quantitative estimate of drug-likeness (QED) is 0.340. The van der Waals surface area contributed by atoms with E-state index >= 15 is 0 Å². The molecule has 0 amide bonds. The summed E-state index contributed by atoms with van der Waals surface area (Å²) in [7, 11) is 0. The molecule has 4 saturated carbocycles. The molecule has 5 aliphatic rings. The lowest BCUT2D eigenvalue weighted by atomic mass is 9.29. The van der Waals surface area contributed by atoms with Gasteiger partial charge in [0.05, 0.1) is 0 Å². The number of hydrogen-bond acceptors (Lipinski definition) is 0. The van der Waals surface area contributed by atoms with Crippen LogP contribution in [0.1, 0.15) is 127 Å². The van der Waals surface area contributed by atoms with Crippen molar-refractivity contribution in [2.24, 2.45) is 56.2 Å². The lowest BCUT2D eigenvalue weighted by Gasteiger charge is -2.76. The minimum Gasteiger partial charge on any atom is -0.0848 e. The molecule has 0 aromatic heterocycles. The highest BCUT2D eigenvalue weighted by atomic mass is 14.8. The molecule has 0 aromatic rings. The van der Waals surface area contributed by atoms with Crippen molar-refractivity contribution in [3.05, 3.63) is 11.6 Å². The molecular formula is C31H52. The third kappa shape index (κ3) is 2.50. The Morgan fingerprint density at radius 1 is 0.742 bits per heavy atom. The Morgan fingerprint density at radius 2 is 1.42 bits per heavy atom. The maximum Gasteiger partial charge on any atom is -0.0198 e. The fourth-order valence-electron chi connectivity index (χ4n) is 11.5. The summed E-state index contributed by atoms with van der Waals surface area (Å²) in [6.45, 7) is 24.0. The van der Waals surface area contributed by atoms with E-state index < -0.39 is 0 Å². The molecule has 0 aliphatic heterocycles. The van der Waals surface area contributed by atoms with Crippen LogP contribution in [0.15, 0.2) is 11.6 Å². The molecule has 4 fully saturated rings. The van der Waals surface area contributed by atoms with Gasteiger partial charge in [-0.2, -0.15) is 0 Å². The van der Waals surface area contributed by atoms with Gasteiger partial charge in [0.2, 0.25) is 0 Å². The van der Waals surface area contributed by atoms with Crippen LogP contribution in [0, 0.1) is 56.2 Å². The Kier molecular flexibility index (Phi) is 4.68. The van der Waals surface area contributed by atoms with Crippen LogP contribution in [0.3, 0.4) is 0 Å². The second kappa shape index (κ2) is 6.44. The Balaban J connectivity index is 1.58. The van der Waals surface area contributed by atoms with Gasteiger partial charge in [-0.05, 0) is 121 Å². The van der Waals surface area contributed by atoms with Crippen LogP contribution < -0.4 is 0 Å². The summed E-state index contributed by atoms with van der Waals surface area (Å²) in [6.07, 6.45) is 17.2. The first kappa shape index (κ1) is 22.5. The maximum absolute atomic E-state index is 2.80. The van der Waals surface area contributed by atoms with Gasteiger partial charge in [-0.3, -0.25) is 0 Å². The highest BCUT2D eigenvalue weighted by Gasteiger charge is 2.71. The molecular weight excluding hydrogens is 372 g/mol. The Labute approximate surface area is 194 Å². The fourth-order valence-corrected chi connectivity index (χ4v) is 11.5. The van der Waals surface area contributed by atoms with E-state index in [4.69, 9.17) is 0 Å². The minimum atomic E-state index is 0.490. The highest BCUT2D eigenvalue weighted by molar-refractivity contribution is 5.23. The summed E-state index contributed by atoms with van der Waals surface area (Å²) in [4.78, 5) is 0. The van der Waals surface area contributed by atoms with Crippen LogP contribution in [0.4, 0.5) is 0 Å². The molecule has 0 radical (unpaired) electrons. The van der Waals surface area contributed by atoms with Crippen LogP contribution in [0.5, 0.6) is 0 Å². The summed E-state index contributed by atoms with van der Waals surface area (Å²) in [5.41, 5.74) is 4.80. The van der Waals surface area contributed by atoms with Gasteiger partial charge >= 0.3 is 0 Å².